The summed E-state index contributed by atoms with van der Waals surface area (Å²) in [4.78, 5) is 33.2. The van der Waals surface area contributed by atoms with Crippen molar-refractivity contribution < 1.29 is 9.59 Å². The van der Waals surface area contributed by atoms with Crippen molar-refractivity contribution in [3.8, 4) is 0 Å². The number of benzene rings is 3. The second-order valence-corrected chi connectivity index (χ2v) is 9.39. The molecule has 1 aliphatic carbocycles. The first kappa shape index (κ1) is 23.5. The van der Waals surface area contributed by atoms with Crippen molar-refractivity contribution in [3.63, 3.8) is 0 Å². The Morgan fingerprint density at radius 1 is 0.917 bits per heavy atom. The Hall–Kier alpha value is -4.25. The highest BCUT2D eigenvalue weighted by atomic mass is 16.2. The molecule has 0 saturated heterocycles. The van der Waals surface area contributed by atoms with Crippen LogP contribution in [0.2, 0.25) is 0 Å². The Kier molecular flexibility index (Phi) is 6.38. The fraction of sp³-hybridized carbons (Fsp3) is 0.194. The van der Waals surface area contributed by atoms with Crippen LogP contribution in [0.15, 0.2) is 72.8 Å². The molecule has 2 amide bonds. The van der Waals surface area contributed by atoms with Crippen LogP contribution in [0, 0.1) is 13.8 Å². The van der Waals surface area contributed by atoms with Gasteiger partial charge in [-0.1, -0.05) is 66.7 Å². The molecule has 1 N–H and O–H groups in total. The van der Waals surface area contributed by atoms with E-state index in [-0.39, 0.29) is 18.4 Å². The minimum absolute atomic E-state index is 0.0370. The van der Waals surface area contributed by atoms with Crippen molar-refractivity contribution in [1.82, 2.24) is 9.88 Å². The molecule has 36 heavy (non-hydrogen) atoms. The first-order valence-corrected chi connectivity index (χ1v) is 12.2. The molecule has 1 heterocycles. The third-order valence-corrected chi connectivity index (χ3v) is 6.77. The van der Waals surface area contributed by atoms with Crippen LogP contribution >= 0.6 is 0 Å². The van der Waals surface area contributed by atoms with Gasteiger partial charge in [-0.3, -0.25) is 9.59 Å². The summed E-state index contributed by atoms with van der Waals surface area (Å²) in [5.74, 6) is -0.384. The van der Waals surface area contributed by atoms with Gasteiger partial charge in [0.15, 0.2) is 0 Å². The van der Waals surface area contributed by atoms with Gasteiger partial charge in [-0.05, 0) is 66.7 Å². The number of hydrogen-bond acceptors (Lipinski definition) is 3. The number of hydrogen-bond donors (Lipinski definition) is 1. The summed E-state index contributed by atoms with van der Waals surface area (Å²) >= 11 is 0. The molecular weight excluding hydrogens is 446 g/mol. The summed E-state index contributed by atoms with van der Waals surface area (Å²) in [6.45, 7) is 3.89. The van der Waals surface area contributed by atoms with Crippen LogP contribution in [0.5, 0.6) is 0 Å². The highest BCUT2D eigenvalue weighted by molar-refractivity contribution is 6.10. The molecule has 0 unspecified atom stereocenters. The molecule has 0 bridgehead atoms. The summed E-state index contributed by atoms with van der Waals surface area (Å²) < 4.78 is 0. The maximum Gasteiger partial charge on any atom is 0.255 e. The van der Waals surface area contributed by atoms with Gasteiger partial charge in [-0.2, -0.15) is 0 Å². The van der Waals surface area contributed by atoms with E-state index < -0.39 is 0 Å². The molecule has 0 fully saturated rings. The van der Waals surface area contributed by atoms with Crippen LogP contribution in [0.1, 0.15) is 44.7 Å². The number of rotatable bonds is 5. The number of nitrogens with one attached hydrogen (secondary N) is 1. The van der Waals surface area contributed by atoms with E-state index in [0.717, 1.165) is 63.0 Å². The number of carbonyl (C=O) groups is 2. The fourth-order valence-corrected chi connectivity index (χ4v) is 4.94. The number of aryl methyl sites for hydroxylation is 2. The first-order chi connectivity index (χ1) is 17.4. The lowest BCUT2D eigenvalue weighted by Crippen LogP contribution is -2.35. The second-order valence-electron chi connectivity index (χ2n) is 9.39. The van der Waals surface area contributed by atoms with Gasteiger partial charge in [0.2, 0.25) is 5.91 Å². The van der Waals surface area contributed by atoms with Crippen molar-refractivity contribution in [3.05, 3.63) is 106 Å². The Bertz CT molecular complexity index is 1490. The van der Waals surface area contributed by atoms with E-state index in [9.17, 15) is 9.59 Å². The number of fused-ring (bicyclic) bond motifs is 2. The molecular formula is C31H29N3O2. The van der Waals surface area contributed by atoms with Crippen LogP contribution in [-0.2, 0) is 11.2 Å². The summed E-state index contributed by atoms with van der Waals surface area (Å²) in [5.41, 5.74) is 8.31. The van der Waals surface area contributed by atoms with Gasteiger partial charge in [0.25, 0.3) is 5.91 Å². The lowest BCUT2D eigenvalue weighted by atomic mass is 9.99. The number of aromatic nitrogens is 1. The Morgan fingerprint density at radius 2 is 1.61 bits per heavy atom. The van der Waals surface area contributed by atoms with Crippen LogP contribution < -0.4 is 5.32 Å². The number of likely N-dealkylation sites (N-methyl/N-ethyl adjacent to an activating group) is 1. The minimum atomic E-state index is -0.220. The Balaban J connectivity index is 1.48. The number of para-hydroxylation sites is 2. The lowest BCUT2D eigenvalue weighted by molar-refractivity contribution is -0.116. The first-order valence-electron chi connectivity index (χ1n) is 12.2. The average Bonchev–Trinajstić information content (AvgIpc) is 3.27. The van der Waals surface area contributed by atoms with E-state index >= 15 is 0 Å². The fourth-order valence-electron chi connectivity index (χ4n) is 4.94. The van der Waals surface area contributed by atoms with Crippen molar-refractivity contribution in [2.75, 3.05) is 18.9 Å². The highest BCUT2D eigenvalue weighted by Crippen LogP contribution is 2.38. The molecule has 0 atom stereocenters. The van der Waals surface area contributed by atoms with Crippen molar-refractivity contribution >= 4 is 40.1 Å². The topological polar surface area (TPSA) is 62.3 Å². The summed E-state index contributed by atoms with van der Waals surface area (Å²) in [7, 11) is 1.68. The molecule has 5 heteroatoms. The van der Waals surface area contributed by atoms with E-state index in [1.54, 1.807) is 7.05 Å². The maximum absolute atomic E-state index is 13.8. The van der Waals surface area contributed by atoms with Crippen LogP contribution in [0.4, 0.5) is 5.69 Å². The van der Waals surface area contributed by atoms with Crippen molar-refractivity contribution in [2.24, 2.45) is 0 Å². The number of nitrogens with zero attached hydrogens (tertiary/aromatic N) is 2. The molecule has 180 valence electrons. The SMILES string of the molecule is Cc1cccc(C)c1NC(=O)CN(C)C(=O)c1c2c(nc3ccccc13)/C(=C/c1ccccc1)CC2. The highest BCUT2D eigenvalue weighted by Gasteiger charge is 2.28. The second kappa shape index (κ2) is 9.78. The number of anilines is 1. The molecule has 0 spiro atoms. The minimum Gasteiger partial charge on any atom is -0.332 e. The van der Waals surface area contributed by atoms with E-state index in [1.807, 2.05) is 74.5 Å². The molecule has 0 saturated carbocycles. The summed E-state index contributed by atoms with van der Waals surface area (Å²) in [6.07, 6.45) is 3.73. The molecule has 1 aromatic heterocycles. The van der Waals surface area contributed by atoms with Crippen molar-refractivity contribution in [1.29, 1.82) is 0 Å². The predicted octanol–water partition coefficient (Wildman–Crippen LogP) is 6.05. The van der Waals surface area contributed by atoms with Gasteiger partial charge in [0, 0.05) is 18.1 Å². The van der Waals surface area contributed by atoms with Crippen LogP contribution in [0.25, 0.3) is 22.6 Å². The monoisotopic (exact) mass is 475 g/mol. The predicted molar refractivity (Wildman–Crippen MR) is 146 cm³/mol. The zero-order valence-electron chi connectivity index (χ0n) is 20.8. The largest absolute Gasteiger partial charge is 0.332 e. The smallest absolute Gasteiger partial charge is 0.255 e. The molecule has 0 radical (unpaired) electrons. The molecule has 3 aromatic carbocycles. The average molecular weight is 476 g/mol. The van der Waals surface area contributed by atoms with Gasteiger partial charge in [0.1, 0.15) is 0 Å². The lowest BCUT2D eigenvalue weighted by Gasteiger charge is -2.21. The standard InChI is InChI=1S/C31H29N3O2/c1-20-10-9-11-21(2)29(20)33-27(35)19-34(3)31(36)28-24-14-7-8-15-26(24)32-30-23(16-17-25(28)30)18-22-12-5-4-6-13-22/h4-15,18H,16-17,19H2,1-3H3,(H,33,35)/b23-18+. The van der Waals surface area contributed by atoms with E-state index in [4.69, 9.17) is 4.98 Å². The molecule has 1 aliphatic rings. The number of allylic oxidation sites excluding steroid dienone is 1. The molecule has 5 nitrogen and oxygen atoms in total. The van der Waals surface area contributed by atoms with E-state index in [2.05, 4.69) is 23.5 Å². The number of carbonyl (C=O) groups excluding carboxylic acids is 2. The Labute approximate surface area is 211 Å². The van der Waals surface area contributed by atoms with Gasteiger partial charge in [0.05, 0.1) is 23.3 Å². The molecule has 0 aliphatic heterocycles. The zero-order chi connectivity index (χ0) is 25.2. The summed E-state index contributed by atoms with van der Waals surface area (Å²) in [6, 6.07) is 23.8. The number of pyridine rings is 1. The molecule has 4 aromatic rings. The van der Waals surface area contributed by atoms with Crippen molar-refractivity contribution in [2.45, 2.75) is 26.7 Å². The molecule has 5 rings (SSSR count). The quantitative estimate of drug-likeness (QED) is 0.382. The third kappa shape index (κ3) is 4.52. The number of amides is 2. The van der Waals surface area contributed by atoms with Crippen LogP contribution in [0.3, 0.4) is 0 Å². The zero-order valence-corrected chi connectivity index (χ0v) is 20.8. The maximum atomic E-state index is 13.8. The third-order valence-electron chi connectivity index (χ3n) is 6.77. The van der Waals surface area contributed by atoms with Gasteiger partial charge < -0.3 is 10.2 Å². The summed E-state index contributed by atoms with van der Waals surface area (Å²) in [5, 5.41) is 3.81. The van der Waals surface area contributed by atoms with E-state index in [0.29, 0.717) is 5.56 Å². The normalized spacial score (nSPS) is 13.6. The Morgan fingerprint density at radius 3 is 2.36 bits per heavy atom. The van der Waals surface area contributed by atoms with Gasteiger partial charge in [-0.25, -0.2) is 4.98 Å². The van der Waals surface area contributed by atoms with E-state index in [1.165, 1.54) is 4.90 Å². The van der Waals surface area contributed by atoms with Crippen LogP contribution in [-0.4, -0.2) is 35.3 Å². The van der Waals surface area contributed by atoms with Gasteiger partial charge >= 0.3 is 0 Å². The van der Waals surface area contributed by atoms with Gasteiger partial charge in [-0.15, -0.1) is 0 Å².